The van der Waals surface area contributed by atoms with Crippen LogP contribution >= 0.6 is 11.8 Å². The molecule has 0 spiro atoms. The van der Waals surface area contributed by atoms with Gasteiger partial charge in [0, 0.05) is 17.2 Å². The van der Waals surface area contributed by atoms with Gasteiger partial charge in [-0.05, 0) is 31.2 Å². The van der Waals surface area contributed by atoms with E-state index in [2.05, 4.69) is 0 Å². The molecule has 0 saturated heterocycles. The standard InChI is InChI=1S/C18H17NO3S/c1-13-5-4-6-14(11-13)18(21)22-12-17(20)19-9-10-23-16-8-3-2-7-15(16)19/h2-8,11H,9-10,12H2,1H3. The number of hydrogen-bond acceptors (Lipinski definition) is 4. The van der Waals surface area contributed by atoms with E-state index in [4.69, 9.17) is 4.74 Å². The van der Waals surface area contributed by atoms with Crippen LogP contribution < -0.4 is 4.90 Å². The maximum Gasteiger partial charge on any atom is 0.338 e. The van der Waals surface area contributed by atoms with Crippen molar-refractivity contribution >= 4 is 29.3 Å². The second kappa shape index (κ2) is 6.87. The summed E-state index contributed by atoms with van der Waals surface area (Å²) in [6.07, 6.45) is 0. The molecule has 23 heavy (non-hydrogen) atoms. The molecule has 0 bridgehead atoms. The lowest BCUT2D eigenvalue weighted by atomic mass is 10.1. The maximum atomic E-state index is 12.4. The van der Waals surface area contributed by atoms with Crippen LogP contribution in [0.15, 0.2) is 53.4 Å². The average molecular weight is 327 g/mol. The smallest absolute Gasteiger partial charge is 0.338 e. The quantitative estimate of drug-likeness (QED) is 0.812. The molecule has 0 fully saturated rings. The van der Waals surface area contributed by atoms with Gasteiger partial charge in [-0.3, -0.25) is 4.79 Å². The third-order valence-corrected chi connectivity index (χ3v) is 4.65. The zero-order chi connectivity index (χ0) is 16.2. The van der Waals surface area contributed by atoms with Crippen molar-refractivity contribution in [1.82, 2.24) is 0 Å². The van der Waals surface area contributed by atoms with Crippen LogP contribution in [0.1, 0.15) is 15.9 Å². The lowest BCUT2D eigenvalue weighted by molar-refractivity contribution is -0.121. The highest BCUT2D eigenvalue weighted by molar-refractivity contribution is 7.99. The first kappa shape index (κ1) is 15.6. The topological polar surface area (TPSA) is 46.6 Å². The van der Waals surface area contributed by atoms with Gasteiger partial charge in [0.05, 0.1) is 11.3 Å². The summed E-state index contributed by atoms with van der Waals surface area (Å²) in [6, 6.07) is 14.9. The number of aryl methyl sites for hydroxylation is 1. The van der Waals surface area contributed by atoms with E-state index in [1.54, 1.807) is 34.9 Å². The van der Waals surface area contributed by atoms with Crippen molar-refractivity contribution in [2.45, 2.75) is 11.8 Å². The molecule has 1 aliphatic heterocycles. The van der Waals surface area contributed by atoms with Gasteiger partial charge in [-0.25, -0.2) is 4.79 Å². The fourth-order valence-electron chi connectivity index (χ4n) is 2.49. The van der Waals surface area contributed by atoms with Crippen molar-refractivity contribution in [1.29, 1.82) is 0 Å². The molecule has 0 saturated carbocycles. The molecule has 5 heteroatoms. The Hall–Kier alpha value is -2.27. The summed E-state index contributed by atoms with van der Waals surface area (Å²) in [7, 11) is 0. The number of fused-ring (bicyclic) bond motifs is 1. The van der Waals surface area contributed by atoms with Gasteiger partial charge in [0.1, 0.15) is 0 Å². The highest BCUT2D eigenvalue weighted by Gasteiger charge is 2.23. The minimum atomic E-state index is -0.471. The molecule has 0 aliphatic carbocycles. The van der Waals surface area contributed by atoms with Gasteiger partial charge >= 0.3 is 5.97 Å². The van der Waals surface area contributed by atoms with Crippen LogP contribution in [0.5, 0.6) is 0 Å². The Morgan fingerprint density at radius 3 is 2.83 bits per heavy atom. The Balaban J connectivity index is 1.65. The zero-order valence-electron chi connectivity index (χ0n) is 12.8. The zero-order valence-corrected chi connectivity index (χ0v) is 13.6. The molecule has 0 unspecified atom stereocenters. The molecule has 0 N–H and O–H groups in total. The number of anilines is 1. The number of rotatable bonds is 3. The lowest BCUT2D eigenvalue weighted by Gasteiger charge is -2.28. The van der Waals surface area contributed by atoms with E-state index in [0.717, 1.165) is 21.9 Å². The number of carbonyl (C=O) groups excluding carboxylic acids is 2. The molecule has 2 aromatic rings. The third kappa shape index (κ3) is 3.56. The van der Waals surface area contributed by atoms with Crippen molar-refractivity contribution in [3.63, 3.8) is 0 Å². The maximum absolute atomic E-state index is 12.4. The summed E-state index contributed by atoms with van der Waals surface area (Å²) >= 11 is 1.73. The van der Waals surface area contributed by atoms with Crippen LogP contribution in [-0.2, 0) is 9.53 Å². The minimum absolute atomic E-state index is 0.196. The van der Waals surface area contributed by atoms with Gasteiger partial charge < -0.3 is 9.64 Å². The fraction of sp³-hybridized carbons (Fsp3) is 0.222. The predicted molar refractivity (Wildman–Crippen MR) is 91.0 cm³/mol. The van der Waals surface area contributed by atoms with Crippen LogP contribution in [0.25, 0.3) is 0 Å². The summed E-state index contributed by atoms with van der Waals surface area (Å²) in [5.41, 5.74) is 2.33. The Morgan fingerprint density at radius 1 is 1.17 bits per heavy atom. The van der Waals surface area contributed by atoms with E-state index in [0.29, 0.717) is 12.1 Å². The van der Waals surface area contributed by atoms with E-state index in [-0.39, 0.29) is 12.5 Å². The highest BCUT2D eigenvalue weighted by atomic mass is 32.2. The molecule has 2 aromatic carbocycles. The number of nitrogens with zero attached hydrogens (tertiary/aromatic N) is 1. The Labute approximate surface area is 139 Å². The van der Waals surface area contributed by atoms with E-state index in [1.165, 1.54) is 0 Å². The molecule has 3 rings (SSSR count). The van der Waals surface area contributed by atoms with Gasteiger partial charge in [0.2, 0.25) is 0 Å². The number of thioether (sulfide) groups is 1. The van der Waals surface area contributed by atoms with Crippen LogP contribution in [-0.4, -0.2) is 30.8 Å². The molecular formula is C18H17NO3S. The number of hydrogen-bond donors (Lipinski definition) is 0. The van der Waals surface area contributed by atoms with Gasteiger partial charge in [-0.15, -0.1) is 11.8 Å². The molecule has 0 aromatic heterocycles. The van der Waals surface area contributed by atoms with Crippen LogP contribution in [0.2, 0.25) is 0 Å². The molecule has 0 atom stereocenters. The van der Waals surface area contributed by atoms with E-state index >= 15 is 0 Å². The summed E-state index contributed by atoms with van der Waals surface area (Å²) in [4.78, 5) is 27.2. The number of para-hydroxylation sites is 1. The van der Waals surface area contributed by atoms with Gasteiger partial charge in [-0.2, -0.15) is 0 Å². The van der Waals surface area contributed by atoms with Gasteiger partial charge in [-0.1, -0.05) is 29.8 Å². The van der Waals surface area contributed by atoms with Crippen molar-refractivity contribution in [2.24, 2.45) is 0 Å². The summed E-state index contributed by atoms with van der Waals surface area (Å²) in [6.45, 7) is 2.29. The Bertz CT molecular complexity index is 745. The summed E-state index contributed by atoms with van der Waals surface area (Å²) in [5.74, 6) is 0.176. The molecule has 1 heterocycles. The lowest BCUT2D eigenvalue weighted by Crippen LogP contribution is -2.38. The van der Waals surface area contributed by atoms with Crippen LogP contribution in [0.4, 0.5) is 5.69 Å². The van der Waals surface area contributed by atoms with E-state index in [1.807, 2.05) is 37.3 Å². The van der Waals surface area contributed by atoms with Crippen molar-refractivity contribution in [2.75, 3.05) is 23.8 Å². The number of ether oxygens (including phenoxy) is 1. The monoisotopic (exact) mass is 327 g/mol. The highest BCUT2D eigenvalue weighted by Crippen LogP contribution is 2.34. The van der Waals surface area contributed by atoms with E-state index < -0.39 is 5.97 Å². The molecule has 1 aliphatic rings. The first-order valence-electron chi connectivity index (χ1n) is 7.41. The second-order valence-electron chi connectivity index (χ2n) is 5.31. The number of amides is 1. The predicted octanol–water partition coefficient (Wildman–Crippen LogP) is 3.29. The second-order valence-corrected chi connectivity index (χ2v) is 6.44. The molecule has 0 radical (unpaired) electrons. The van der Waals surface area contributed by atoms with Crippen molar-refractivity contribution in [3.05, 3.63) is 59.7 Å². The van der Waals surface area contributed by atoms with Gasteiger partial charge in [0.15, 0.2) is 6.61 Å². The number of esters is 1. The number of carbonyl (C=O) groups is 2. The number of benzene rings is 2. The van der Waals surface area contributed by atoms with Crippen LogP contribution in [0, 0.1) is 6.92 Å². The summed E-state index contributed by atoms with van der Waals surface area (Å²) in [5, 5.41) is 0. The van der Waals surface area contributed by atoms with E-state index in [9.17, 15) is 9.59 Å². The first-order chi connectivity index (χ1) is 11.1. The molecular weight excluding hydrogens is 310 g/mol. The third-order valence-electron chi connectivity index (χ3n) is 3.61. The van der Waals surface area contributed by atoms with Gasteiger partial charge in [0.25, 0.3) is 5.91 Å². The Kier molecular flexibility index (Phi) is 4.67. The van der Waals surface area contributed by atoms with Crippen molar-refractivity contribution in [3.8, 4) is 0 Å². The normalized spacial score (nSPS) is 13.3. The average Bonchev–Trinajstić information content (AvgIpc) is 2.59. The Morgan fingerprint density at radius 2 is 2.00 bits per heavy atom. The fourth-order valence-corrected chi connectivity index (χ4v) is 3.48. The van der Waals surface area contributed by atoms with Crippen LogP contribution in [0.3, 0.4) is 0 Å². The molecule has 1 amide bonds. The molecule has 118 valence electrons. The first-order valence-corrected chi connectivity index (χ1v) is 8.40. The molecule has 4 nitrogen and oxygen atoms in total. The SMILES string of the molecule is Cc1cccc(C(=O)OCC(=O)N2CCSc3ccccc32)c1. The van der Waals surface area contributed by atoms with Crippen molar-refractivity contribution < 1.29 is 14.3 Å². The largest absolute Gasteiger partial charge is 0.452 e. The summed E-state index contributed by atoms with van der Waals surface area (Å²) < 4.78 is 5.18. The minimum Gasteiger partial charge on any atom is -0.452 e.